The Balaban J connectivity index is 1.97. The molecule has 1 aliphatic heterocycles. The molecule has 1 atom stereocenters. The summed E-state index contributed by atoms with van der Waals surface area (Å²) in [6.07, 6.45) is 1.45. The van der Waals surface area contributed by atoms with Crippen molar-refractivity contribution in [3.8, 4) is 0 Å². The van der Waals surface area contributed by atoms with Crippen molar-refractivity contribution in [1.29, 1.82) is 0 Å². The normalized spacial score (nSPS) is 17.1. The van der Waals surface area contributed by atoms with E-state index in [1.54, 1.807) is 12.1 Å². The van der Waals surface area contributed by atoms with Gasteiger partial charge in [-0.2, -0.15) is 0 Å². The van der Waals surface area contributed by atoms with Crippen LogP contribution in [-0.4, -0.2) is 30.0 Å². The zero-order chi connectivity index (χ0) is 17.0. The molecule has 1 heterocycles. The number of rotatable bonds is 5. The number of hydrogen-bond acceptors (Lipinski definition) is 4. The minimum Gasteiger partial charge on any atom is -0.366 e. The monoisotopic (exact) mass is 319 g/mol. The van der Waals surface area contributed by atoms with Crippen LogP contribution in [0.25, 0.3) is 0 Å². The van der Waals surface area contributed by atoms with Crippen molar-refractivity contribution < 1.29 is 9.72 Å². The number of nitrogens with one attached hydrogen (secondary N) is 1. The van der Waals surface area contributed by atoms with E-state index in [2.05, 4.69) is 19.2 Å². The molecule has 0 saturated carbocycles. The molecular formula is C17H25N3O3. The Morgan fingerprint density at radius 1 is 1.26 bits per heavy atom. The van der Waals surface area contributed by atoms with Gasteiger partial charge in [0.1, 0.15) is 5.69 Å². The van der Waals surface area contributed by atoms with E-state index in [1.807, 2.05) is 17.9 Å². The first kappa shape index (κ1) is 17.2. The van der Waals surface area contributed by atoms with Crippen molar-refractivity contribution in [3.63, 3.8) is 0 Å². The Kier molecular flexibility index (Phi) is 5.58. The van der Waals surface area contributed by atoms with Gasteiger partial charge in [0.2, 0.25) is 5.91 Å². The predicted octanol–water partition coefficient (Wildman–Crippen LogP) is 2.97. The number of para-hydroxylation sites is 2. The highest BCUT2D eigenvalue weighted by atomic mass is 16.6. The summed E-state index contributed by atoms with van der Waals surface area (Å²) in [5.74, 6) is 0.509. The molecule has 1 aromatic rings. The largest absolute Gasteiger partial charge is 0.366 e. The van der Waals surface area contributed by atoms with Crippen LogP contribution in [0.5, 0.6) is 0 Å². The summed E-state index contributed by atoms with van der Waals surface area (Å²) in [5.41, 5.74) is 0.774. The second-order valence-corrected chi connectivity index (χ2v) is 6.55. The summed E-state index contributed by atoms with van der Waals surface area (Å²) >= 11 is 0. The summed E-state index contributed by atoms with van der Waals surface area (Å²) in [6.45, 7) is 7.52. The van der Waals surface area contributed by atoms with Crippen molar-refractivity contribution in [2.45, 2.75) is 39.7 Å². The molecule has 126 valence electrons. The Labute approximate surface area is 137 Å². The number of anilines is 1. The summed E-state index contributed by atoms with van der Waals surface area (Å²) in [5, 5.41) is 14.2. The third-order valence-corrected chi connectivity index (χ3v) is 4.65. The number of carbonyl (C=O) groups excluding carboxylic acids is 1. The molecule has 0 spiro atoms. The van der Waals surface area contributed by atoms with Gasteiger partial charge in [-0.25, -0.2) is 0 Å². The molecule has 6 heteroatoms. The molecule has 23 heavy (non-hydrogen) atoms. The molecule has 0 bridgehead atoms. The maximum atomic E-state index is 12.3. The van der Waals surface area contributed by atoms with Crippen LogP contribution in [0.15, 0.2) is 24.3 Å². The molecule has 1 aliphatic rings. The Bertz CT molecular complexity index is 566. The lowest BCUT2D eigenvalue weighted by Crippen LogP contribution is -2.44. The number of carbonyl (C=O) groups is 1. The molecule has 0 aliphatic carbocycles. The molecule has 6 nitrogen and oxygen atoms in total. The van der Waals surface area contributed by atoms with Crippen molar-refractivity contribution in [2.75, 3.05) is 18.0 Å². The fourth-order valence-corrected chi connectivity index (χ4v) is 2.78. The Morgan fingerprint density at radius 2 is 1.87 bits per heavy atom. The lowest BCUT2D eigenvalue weighted by atomic mass is 9.94. The van der Waals surface area contributed by atoms with Gasteiger partial charge in [0.05, 0.1) is 4.92 Å². The maximum absolute atomic E-state index is 12.3. The van der Waals surface area contributed by atoms with Gasteiger partial charge in [0.25, 0.3) is 5.69 Å². The number of nitro benzene ring substituents is 1. The van der Waals surface area contributed by atoms with Crippen LogP contribution < -0.4 is 10.2 Å². The van der Waals surface area contributed by atoms with Crippen LogP contribution in [0.1, 0.15) is 33.6 Å². The molecule has 1 saturated heterocycles. The molecule has 1 amide bonds. The van der Waals surface area contributed by atoms with E-state index in [1.165, 1.54) is 6.07 Å². The van der Waals surface area contributed by atoms with Gasteiger partial charge in [-0.05, 0) is 31.7 Å². The van der Waals surface area contributed by atoms with Gasteiger partial charge in [-0.15, -0.1) is 0 Å². The van der Waals surface area contributed by atoms with E-state index in [0.29, 0.717) is 24.7 Å². The minimum atomic E-state index is -0.349. The second kappa shape index (κ2) is 7.44. The van der Waals surface area contributed by atoms with E-state index in [4.69, 9.17) is 0 Å². The number of benzene rings is 1. The number of nitrogens with zero attached hydrogens (tertiary/aromatic N) is 2. The van der Waals surface area contributed by atoms with E-state index < -0.39 is 0 Å². The fraction of sp³-hybridized carbons (Fsp3) is 0.588. The SMILES string of the molecule is CC(C)[C@H](C)NC(=O)C1CCN(c2ccccc2[N+](=O)[O-])CC1. The highest BCUT2D eigenvalue weighted by Gasteiger charge is 2.28. The molecule has 1 aromatic carbocycles. The summed E-state index contributed by atoms with van der Waals surface area (Å²) < 4.78 is 0. The minimum absolute atomic E-state index is 0.00443. The number of nitro groups is 1. The van der Waals surface area contributed by atoms with Crippen molar-refractivity contribution in [2.24, 2.45) is 11.8 Å². The van der Waals surface area contributed by atoms with E-state index in [-0.39, 0.29) is 28.5 Å². The van der Waals surface area contributed by atoms with Crippen LogP contribution in [0.4, 0.5) is 11.4 Å². The fourth-order valence-electron chi connectivity index (χ4n) is 2.78. The molecule has 1 fully saturated rings. The van der Waals surface area contributed by atoms with Crippen molar-refractivity contribution in [1.82, 2.24) is 5.32 Å². The summed E-state index contributed by atoms with van der Waals surface area (Å²) in [4.78, 5) is 25.1. The van der Waals surface area contributed by atoms with Crippen LogP contribution in [-0.2, 0) is 4.79 Å². The van der Waals surface area contributed by atoms with Crippen LogP contribution in [0.3, 0.4) is 0 Å². The molecule has 0 aromatic heterocycles. The lowest BCUT2D eigenvalue weighted by Gasteiger charge is -2.33. The highest BCUT2D eigenvalue weighted by molar-refractivity contribution is 5.79. The van der Waals surface area contributed by atoms with Gasteiger partial charge in [-0.3, -0.25) is 14.9 Å². The molecule has 0 unspecified atom stereocenters. The quantitative estimate of drug-likeness (QED) is 0.669. The maximum Gasteiger partial charge on any atom is 0.292 e. The van der Waals surface area contributed by atoms with Crippen LogP contribution in [0, 0.1) is 22.0 Å². The molecular weight excluding hydrogens is 294 g/mol. The average Bonchev–Trinajstić information content (AvgIpc) is 2.54. The van der Waals surface area contributed by atoms with Crippen LogP contribution >= 0.6 is 0 Å². The van der Waals surface area contributed by atoms with Crippen LogP contribution in [0.2, 0.25) is 0 Å². The first-order valence-corrected chi connectivity index (χ1v) is 8.19. The van der Waals surface area contributed by atoms with Gasteiger partial charge in [-0.1, -0.05) is 26.0 Å². The number of amides is 1. The zero-order valence-electron chi connectivity index (χ0n) is 14.0. The van der Waals surface area contributed by atoms with Gasteiger partial charge < -0.3 is 10.2 Å². The highest BCUT2D eigenvalue weighted by Crippen LogP contribution is 2.31. The van der Waals surface area contributed by atoms with E-state index in [9.17, 15) is 14.9 Å². The Hall–Kier alpha value is -2.11. The predicted molar refractivity (Wildman–Crippen MR) is 90.5 cm³/mol. The Morgan fingerprint density at radius 3 is 2.43 bits per heavy atom. The number of piperidine rings is 1. The molecule has 0 radical (unpaired) electrons. The van der Waals surface area contributed by atoms with Gasteiger partial charge in [0.15, 0.2) is 0 Å². The lowest BCUT2D eigenvalue weighted by molar-refractivity contribution is -0.384. The second-order valence-electron chi connectivity index (χ2n) is 6.55. The van der Waals surface area contributed by atoms with Gasteiger partial charge in [0, 0.05) is 31.1 Å². The first-order chi connectivity index (χ1) is 10.9. The third-order valence-electron chi connectivity index (χ3n) is 4.65. The van der Waals surface area contributed by atoms with Crippen molar-refractivity contribution in [3.05, 3.63) is 34.4 Å². The average molecular weight is 319 g/mol. The topological polar surface area (TPSA) is 75.5 Å². The van der Waals surface area contributed by atoms with E-state index in [0.717, 1.165) is 12.8 Å². The smallest absolute Gasteiger partial charge is 0.292 e. The van der Waals surface area contributed by atoms with Gasteiger partial charge >= 0.3 is 0 Å². The number of hydrogen-bond donors (Lipinski definition) is 1. The third kappa shape index (κ3) is 4.21. The molecule has 1 N–H and O–H groups in total. The molecule has 2 rings (SSSR count). The standard InChI is InChI=1S/C17H25N3O3/c1-12(2)13(3)18-17(21)14-8-10-19(11-9-14)15-6-4-5-7-16(15)20(22)23/h4-7,12-14H,8-11H2,1-3H3,(H,18,21)/t13-/m0/s1. The first-order valence-electron chi connectivity index (χ1n) is 8.19. The zero-order valence-corrected chi connectivity index (χ0v) is 14.0. The van der Waals surface area contributed by atoms with E-state index >= 15 is 0 Å². The summed E-state index contributed by atoms with van der Waals surface area (Å²) in [6, 6.07) is 6.95. The van der Waals surface area contributed by atoms with Crippen molar-refractivity contribution >= 4 is 17.3 Å². The summed E-state index contributed by atoms with van der Waals surface area (Å²) in [7, 11) is 0.